The third-order valence-corrected chi connectivity index (χ3v) is 2.71. The van der Waals surface area contributed by atoms with Crippen LogP contribution in [0.3, 0.4) is 0 Å². The van der Waals surface area contributed by atoms with Crippen molar-refractivity contribution in [2.24, 2.45) is 0 Å². The summed E-state index contributed by atoms with van der Waals surface area (Å²) >= 11 is 5.72. The smallest absolute Gasteiger partial charge is 0.129 e. The molecule has 1 aromatic carbocycles. The Balaban J connectivity index is 1.87. The van der Waals surface area contributed by atoms with E-state index in [4.69, 9.17) is 21.1 Å². The van der Waals surface area contributed by atoms with Crippen LogP contribution in [-0.2, 0) is 6.61 Å². The van der Waals surface area contributed by atoms with E-state index in [0.717, 1.165) is 30.1 Å². The van der Waals surface area contributed by atoms with Crippen molar-refractivity contribution < 1.29 is 9.47 Å². The fourth-order valence-corrected chi connectivity index (χ4v) is 1.62. The van der Waals surface area contributed by atoms with E-state index in [1.807, 2.05) is 30.3 Å². The highest BCUT2D eigenvalue weighted by atomic mass is 35.5. The van der Waals surface area contributed by atoms with Gasteiger partial charge in [0.2, 0.25) is 0 Å². The van der Waals surface area contributed by atoms with Crippen LogP contribution in [0.2, 0.25) is 5.15 Å². The highest BCUT2D eigenvalue weighted by molar-refractivity contribution is 6.29. The standard InChI is InChI=1S/C15H16ClNO2/c1-2-9-18-13-4-6-14(7-5-13)19-11-12-3-8-15(16)17-10-12/h3-8,10H,2,9,11H2,1H3. The van der Waals surface area contributed by atoms with Gasteiger partial charge < -0.3 is 9.47 Å². The van der Waals surface area contributed by atoms with E-state index in [9.17, 15) is 0 Å². The summed E-state index contributed by atoms with van der Waals surface area (Å²) in [6, 6.07) is 11.3. The Kier molecular flexibility index (Phi) is 5.04. The summed E-state index contributed by atoms with van der Waals surface area (Å²) in [6.45, 7) is 3.29. The molecular formula is C15H16ClNO2. The molecule has 0 aliphatic rings. The molecule has 0 unspecified atom stereocenters. The van der Waals surface area contributed by atoms with Crippen molar-refractivity contribution in [1.82, 2.24) is 4.98 Å². The molecule has 1 heterocycles. The van der Waals surface area contributed by atoms with E-state index >= 15 is 0 Å². The molecule has 0 saturated carbocycles. The van der Waals surface area contributed by atoms with E-state index < -0.39 is 0 Å². The van der Waals surface area contributed by atoms with Crippen LogP contribution in [-0.4, -0.2) is 11.6 Å². The first-order valence-corrected chi connectivity index (χ1v) is 6.62. The minimum atomic E-state index is 0.472. The number of benzene rings is 1. The molecule has 0 bridgehead atoms. The van der Waals surface area contributed by atoms with E-state index in [0.29, 0.717) is 11.8 Å². The van der Waals surface area contributed by atoms with Gasteiger partial charge in [0.1, 0.15) is 23.3 Å². The lowest BCUT2D eigenvalue weighted by atomic mass is 10.3. The van der Waals surface area contributed by atoms with Crippen molar-refractivity contribution in [1.29, 1.82) is 0 Å². The number of nitrogens with zero attached hydrogens (tertiary/aromatic N) is 1. The van der Waals surface area contributed by atoms with E-state index in [1.54, 1.807) is 12.3 Å². The molecule has 1 aromatic heterocycles. The Morgan fingerprint density at radius 2 is 1.68 bits per heavy atom. The van der Waals surface area contributed by atoms with Crippen LogP contribution < -0.4 is 9.47 Å². The minimum Gasteiger partial charge on any atom is -0.494 e. The fraction of sp³-hybridized carbons (Fsp3) is 0.267. The SMILES string of the molecule is CCCOc1ccc(OCc2ccc(Cl)nc2)cc1. The normalized spacial score (nSPS) is 10.2. The summed E-state index contributed by atoms with van der Waals surface area (Å²) < 4.78 is 11.2. The molecular weight excluding hydrogens is 262 g/mol. The second-order valence-corrected chi connectivity index (χ2v) is 4.48. The molecule has 2 rings (SSSR count). The average Bonchev–Trinajstić information content (AvgIpc) is 2.46. The van der Waals surface area contributed by atoms with Crippen LogP contribution in [0.5, 0.6) is 11.5 Å². The summed E-state index contributed by atoms with van der Waals surface area (Å²) in [5.74, 6) is 1.67. The predicted octanol–water partition coefficient (Wildman–Crippen LogP) is 4.10. The zero-order valence-electron chi connectivity index (χ0n) is 10.8. The molecule has 3 nitrogen and oxygen atoms in total. The molecule has 2 aromatic rings. The summed E-state index contributed by atoms with van der Waals surface area (Å²) in [6.07, 6.45) is 2.71. The van der Waals surface area contributed by atoms with Crippen molar-refractivity contribution in [2.45, 2.75) is 20.0 Å². The molecule has 0 N–H and O–H groups in total. The molecule has 0 amide bonds. The third-order valence-electron chi connectivity index (χ3n) is 2.49. The maximum absolute atomic E-state index is 5.72. The van der Waals surface area contributed by atoms with Crippen molar-refractivity contribution in [2.75, 3.05) is 6.61 Å². The van der Waals surface area contributed by atoms with Gasteiger partial charge in [-0.05, 0) is 36.8 Å². The highest BCUT2D eigenvalue weighted by Gasteiger charge is 1.98. The molecule has 0 aliphatic carbocycles. The lowest BCUT2D eigenvalue weighted by Gasteiger charge is -2.08. The first-order valence-electron chi connectivity index (χ1n) is 6.24. The Hall–Kier alpha value is -1.74. The van der Waals surface area contributed by atoms with Crippen molar-refractivity contribution in [3.05, 3.63) is 53.3 Å². The van der Waals surface area contributed by atoms with Gasteiger partial charge in [-0.3, -0.25) is 0 Å². The maximum Gasteiger partial charge on any atom is 0.129 e. The topological polar surface area (TPSA) is 31.4 Å². The van der Waals surface area contributed by atoms with Crippen LogP contribution in [0, 0.1) is 0 Å². The zero-order valence-corrected chi connectivity index (χ0v) is 11.6. The van der Waals surface area contributed by atoms with Crippen LogP contribution in [0.4, 0.5) is 0 Å². The summed E-state index contributed by atoms with van der Waals surface area (Å²) in [5, 5.41) is 0.487. The molecule has 19 heavy (non-hydrogen) atoms. The Morgan fingerprint density at radius 3 is 2.26 bits per heavy atom. The summed E-state index contributed by atoms with van der Waals surface area (Å²) in [7, 11) is 0. The van der Waals surface area contributed by atoms with Crippen LogP contribution in [0.1, 0.15) is 18.9 Å². The van der Waals surface area contributed by atoms with Gasteiger partial charge in [0, 0.05) is 11.8 Å². The summed E-state index contributed by atoms with van der Waals surface area (Å²) in [5.41, 5.74) is 0.982. The molecule has 0 spiro atoms. The van der Waals surface area contributed by atoms with E-state index in [2.05, 4.69) is 11.9 Å². The lowest BCUT2D eigenvalue weighted by Crippen LogP contribution is -1.97. The maximum atomic E-state index is 5.72. The molecule has 0 atom stereocenters. The highest BCUT2D eigenvalue weighted by Crippen LogP contribution is 2.19. The molecule has 0 aliphatic heterocycles. The Morgan fingerprint density at radius 1 is 1.00 bits per heavy atom. The first-order chi connectivity index (χ1) is 9.28. The Labute approximate surface area is 118 Å². The van der Waals surface area contributed by atoms with Gasteiger partial charge in [0.05, 0.1) is 6.61 Å². The van der Waals surface area contributed by atoms with Gasteiger partial charge in [0.25, 0.3) is 0 Å². The van der Waals surface area contributed by atoms with E-state index in [-0.39, 0.29) is 0 Å². The number of pyridine rings is 1. The van der Waals surface area contributed by atoms with E-state index in [1.165, 1.54) is 0 Å². The summed E-state index contributed by atoms with van der Waals surface area (Å²) in [4.78, 5) is 4.00. The molecule has 4 heteroatoms. The third kappa shape index (κ3) is 4.45. The zero-order chi connectivity index (χ0) is 13.5. The van der Waals surface area contributed by atoms with Gasteiger partial charge in [-0.25, -0.2) is 4.98 Å². The van der Waals surface area contributed by atoms with Crippen LogP contribution >= 0.6 is 11.6 Å². The Bertz CT molecular complexity index is 497. The largest absolute Gasteiger partial charge is 0.494 e. The number of ether oxygens (including phenoxy) is 2. The molecule has 0 fully saturated rings. The van der Waals surface area contributed by atoms with Crippen LogP contribution in [0.25, 0.3) is 0 Å². The lowest BCUT2D eigenvalue weighted by molar-refractivity contribution is 0.301. The number of halogens is 1. The van der Waals surface area contributed by atoms with Crippen molar-refractivity contribution >= 4 is 11.6 Å². The average molecular weight is 278 g/mol. The minimum absolute atomic E-state index is 0.472. The number of hydrogen-bond donors (Lipinski definition) is 0. The molecule has 0 radical (unpaired) electrons. The second-order valence-electron chi connectivity index (χ2n) is 4.10. The number of rotatable bonds is 6. The first kappa shape index (κ1) is 13.7. The van der Waals surface area contributed by atoms with Crippen LogP contribution in [0.15, 0.2) is 42.6 Å². The monoisotopic (exact) mass is 277 g/mol. The number of hydrogen-bond acceptors (Lipinski definition) is 3. The quantitative estimate of drug-likeness (QED) is 0.745. The predicted molar refractivity (Wildman–Crippen MR) is 75.8 cm³/mol. The van der Waals surface area contributed by atoms with Gasteiger partial charge >= 0.3 is 0 Å². The van der Waals surface area contributed by atoms with Crippen molar-refractivity contribution in [3.8, 4) is 11.5 Å². The second kappa shape index (κ2) is 7.00. The van der Waals surface area contributed by atoms with Gasteiger partial charge in [-0.2, -0.15) is 0 Å². The van der Waals surface area contributed by atoms with Crippen molar-refractivity contribution in [3.63, 3.8) is 0 Å². The molecule has 0 saturated heterocycles. The van der Waals surface area contributed by atoms with Gasteiger partial charge in [0.15, 0.2) is 0 Å². The van der Waals surface area contributed by atoms with Gasteiger partial charge in [-0.1, -0.05) is 24.6 Å². The molecule has 100 valence electrons. The fourth-order valence-electron chi connectivity index (χ4n) is 1.51. The van der Waals surface area contributed by atoms with Gasteiger partial charge in [-0.15, -0.1) is 0 Å². The number of aromatic nitrogens is 1.